The number of carbonyl (C=O) groups is 1. The van der Waals surface area contributed by atoms with Crippen molar-refractivity contribution < 1.29 is 9.53 Å². The van der Waals surface area contributed by atoms with Gasteiger partial charge in [0, 0.05) is 32.1 Å². The van der Waals surface area contributed by atoms with E-state index in [1.54, 1.807) is 19.5 Å². The fraction of sp³-hybridized carbons (Fsp3) is 0.571. The molecule has 0 unspecified atom stereocenters. The Balaban J connectivity index is 1.91. The molecule has 104 valence electrons. The maximum atomic E-state index is 12.1. The quantitative estimate of drug-likeness (QED) is 0.768. The summed E-state index contributed by atoms with van der Waals surface area (Å²) >= 11 is 0. The molecule has 1 aromatic rings. The summed E-state index contributed by atoms with van der Waals surface area (Å²) in [4.78, 5) is 16.2. The molecule has 0 aromatic carbocycles. The second-order valence-electron chi connectivity index (χ2n) is 4.84. The van der Waals surface area contributed by atoms with Gasteiger partial charge in [0.15, 0.2) is 0 Å². The Labute approximate surface area is 113 Å². The van der Waals surface area contributed by atoms with Crippen molar-refractivity contribution in [3.63, 3.8) is 0 Å². The molecule has 0 spiro atoms. The van der Waals surface area contributed by atoms with E-state index in [2.05, 4.69) is 15.6 Å². The van der Waals surface area contributed by atoms with Crippen LogP contribution in [-0.2, 0) is 4.74 Å². The first-order valence-corrected chi connectivity index (χ1v) is 6.78. The van der Waals surface area contributed by atoms with E-state index in [9.17, 15) is 4.79 Å². The number of amides is 1. The Kier molecular flexibility index (Phi) is 5.15. The maximum absolute atomic E-state index is 12.1. The molecular weight excluding hydrogens is 242 g/mol. The standard InChI is InChI=1S/C14H21N3O2/c1-19-7-6-16-13-8-11(9-15-10-13)14(18)17-12-4-2-3-5-12/h8-10,12,16H,2-7H2,1H3,(H,17,18). The summed E-state index contributed by atoms with van der Waals surface area (Å²) < 4.78 is 4.97. The van der Waals surface area contributed by atoms with Crippen molar-refractivity contribution in [1.29, 1.82) is 0 Å². The lowest BCUT2D eigenvalue weighted by molar-refractivity contribution is 0.0937. The number of aromatic nitrogens is 1. The van der Waals surface area contributed by atoms with Crippen LogP contribution in [-0.4, -0.2) is 37.2 Å². The zero-order valence-electron chi connectivity index (χ0n) is 11.3. The topological polar surface area (TPSA) is 63.2 Å². The lowest BCUT2D eigenvalue weighted by atomic mass is 10.2. The molecule has 0 aliphatic heterocycles. The summed E-state index contributed by atoms with van der Waals surface area (Å²) in [6.45, 7) is 1.32. The Morgan fingerprint density at radius 2 is 2.21 bits per heavy atom. The predicted octanol–water partition coefficient (Wildman–Crippen LogP) is 1.81. The number of nitrogens with one attached hydrogen (secondary N) is 2. The number of hydrogen-bond donors (Lipinski definition) is 2. The van der Waals surface area contributed by atoms with Crippen LogP contribution in [0.4, 0.5) is 5.69 Å². The van der Waals surface area contributed by atoms with Crippen LogP contribution >= 0.6 is 0 Å². The largest absolute Gasteiger partial charge is 0.383 e. The normalized spacial score (nSPS) is 15.4. The van der Waals surface area contributed by atoms with Crippen molar-refractivity contribution in [2.45, 2.75) is 31.7 Å². The zero-order valence-corrected chi connectivity index (χ0v) is 11.3. The summed E-state index contributed by atoms with van der Waals surface area (Å²) in [5.74, 6) is -0.0326. The van der Waals surface area contributed by atoms with Gasteiger partial charge in [0.05, 0.1) is 17.9 Å². The lowest BCUT2D eigenvalue weighted by Crippen LogP contribution is -2.32. The Hall–Kier alpha value is -1.62. The van der Waals surface area contributed by atoms with Crippen LogP contribution in [0.15, 0.2) is 18.5 Å². The molecule has 2 N–H and O–H groups in total. The van der Waals surface area contributed by atoms with Crippen molar-refractivity contribution in [1.82, 2.24) is 10.3 Å². The highest BCUT2D eigenvalue weighted by molar-refractivity contribution is 5.94. The summed E-state index contributed by atoms with van der Waals surface area (Å²) in [6.07, 6.45) is 7.91. The number of nitrogens with zero attached hydrogens (tertiary/aromatic N) is 1. The van der Waals surface area contributed by atoms with Crippen LogP contribution < -0.4 is 10.6 Å². The second-order valence-corrected chi connectivity index (χ2v) is 4.84. The first kappa shape index (κ1) is 13.8. The first-order chi connectivity index (χ1) is 9.29. The minimum atomic E-state index is -0.0326. The van der Waals surface area contributed by atoms with E-state index < -0.39 is 0 Å². The average Bonchev–Trinajstić information content (AvgIpc) is 2.92. The van der Waals surface area contributed by atoms with Crippen molar-refractivity contribution >= 4 is 11.6 Å². The van der Waals surface area contributed by atoms with E-state index in [1.165, 1.54) is 12.8 Å². The second kappa shape index (κ2) is 7.09. The van der Waals surface area contributed by atoms with Crippen molar-refractivity contribution in [3.05, 3.63) is 24.0 Å². The Bertz CT molecular complexity index is 417. The van der Waals surface area contributed by atoms with Gasteiger partial charge < -0.3 is 15.4 Å². The first-order valence-electron chi connectivity index (χ1n) is 6.78. The zero-order chi connectivity index (χ0) is 13.5. The molecule has 1 aliphatic carbocycles. The van der Waals surface area contributed by atoms with Crippen molar-refractivity contribution in [2.75, 3.05) is 25.6 Å². The lowest BCUT2D eigenvalue weighted by Gasteiger charge is -2.12. The molecule has 5 heteroatoms. The number of rotatable bonds is 6. The number of methoxy groups -OCH3 is 1. The van der Waals surface area contributed by atoms with Crippen LogP contribution in [0.1, 0.15) is 36.0 Å². The minimum Gasteiger partial charge on any atom is -0.383 e. The molecule has 0 radical (unpaired) electrons. The van der Waals surface area contributed by atoms with Crippen molar-refractivity contribution in [3.8, 4) is 0 Å². The highest BCUT2D eigenvalue weighted by Crippen LogP contribution is 2.18. The van der Waals surface area contributed by atoms with Gasteiger partial charge in [0.25, 0.3) is 5.91 Å². The van der Waals surface area contributed by atoms with Gasteiger partial charge in [0.1, 0.15) is 0 Å². The Morgan fingerprint density at radius 3 is 2.95 bits per heavy atom. The molecule has 19 heavy (non-hydrogen) atoms. The molecule has 1 fully saturated rings. The number of hydrogen-bond acceptors (Lipinski definition) is 4. The molecule has 1 amide bonds. The molecule has 0 atom stereocenters. The van der Waals surface area contributed by atoms with E-state index in [4.69, 9.17) is 4.74 Å². The van der Waals surface area contributed by atoms with Gasteiger partial charge in [-0.1, -0.05) is 12.8 Å². The minimum absolute atomic E-state index is 0.0326. The predicted molar refractivity (Wildman–Crippen MR) is 74.3 cm³/mol. The van der Waals surface area contributed by atoms with Crippen LogP contribution in [0.2, 0.25) is 0 Å². The monoisotopic (exact) mass is 263 g/mol. The highest BCUT2D eigenvalue weighted by Gasteiger charge is 2.18. The molecule has 1 aliphatic rings. The molecule has 1 saturated carbocycles. The van der Waals surface area contributed by atoms with Crippen LogP contribution in [0.25, 0.3) is 0 Å². The number of pyridine rings is 1. The SMILES string of the molecule is COCCNc1cncc(C(=O)NC2CCCC2)c1. The summed E-state index contributed by atoms with van der Waals surface area (Å²) in [5.41, 5.74) is 1.45. The van der Waals surface area contributed by atoms with Gasteiger partial charge in [-0.05, 0) is 18.9 Å². The summed E-state index contributed by atoms with van der Waals surface area (Å²) in [5, 5.41) is 6.23. The fourth-order valence-electron chi connectivity index (χ4n) is 2.30. The Morgan fingerprint density at radius 1 is 1.42 bits per heavy atom. The molecule has 0 saturated heterocycles. The van der Waals surface area contributed by atoms with Crippen LogP contribution in [0.3, 0.4) is 0 Å². The van der Waals surface area contributed by atoms with Gasteiger partial charge in [-0.2, -0.15) is 0 Å². The van der Waals surface area contributed by atoms with Gasteiger partial charge in [0.2, 0.25) is 0 Å². The molecule has 2 rings (SSSR count). The molecule has 1 aromatic heterocycles. The molecular formula is C14H21N3O2. The van der Waals surface area contributed by atoms with Gasteiger partial charge >= 0.3 is 0 Å². The summed E-state index contributed by atoms with van der Waals surface area (Å²) in [7, 11) is 1.66. The third-order valence-corrected chi connectivity index (χ3v) is 3.33. The smallest absolute Gasteiger partial charge is 0.253 e. The fourth-order valence-corrected chi connectivity index (χ4v) is 2.30. The molecule has 5 nitrogen and oxygen atoms in total. The van der Waals surface area contributed by atoms with Gasteiger partial charge in [-0.3, -0.25) is 9.78 Å². The third kappa shape index (κ3) is 4.21. The van der Waals surface area contributed by atoms with E-state index >= 15 is 0 Å². The van der Waals surface area contributed by atoms with Crippen LogP contribution in [0.5, 0.6) is 0 Å². The van der Waals surface area contributed by atoms with E-state index in [0.717, 1.165) is 18.5 Å². The van der Waals surface area contributed by atoms with E-state index in [1.807, 2.05) is 6.07 Å². The average molecular weight is 263 g/mol. The van der Waals surface area contributed by atoms with E-state index in [-0.39, 0.29) is 5.91 Å². The number of anilines is 1. The molecule has 1 heterocycles. The van der Waals surface area contributed by atoms with E-state index in [0.29, 0.717) is 24.8 Å². The van der Waals surface area contributed by atoms with Crippen LogP contribution in [0, 0.1) is 0 Å². The third-order valence-electron chi connectivity index (χ3n) is 3.33. The summed E-state index contributed by atoms with van der Waals surface area (Å²) in [6, 6.07) is 2.16. The number of ether oxygens (including phenoxy) is 1. The highest BCUT2D eigenvalue weighted by atomic mass is 16.5. The molecule has 0 bridgehead atoms. The van der Waals surface area contributed by atoms with Crippen molar-refractivity contribution in [2.24, 2.45) is 0 Å². The number of carbonyl (C=O) groups excluding carboxylic acids is 1. The van der Waals surface area contributed by atoms with Gasteiger partial charge in [-0.25, -0.2) is 0 Å². The van der Waals surface area contributed by atoms with Gasteiger partial charge in [-0.15, -0.1) is 0 Å². The maximum Gasteiger partial charge on any atom is 0.253 e.